The first-order chi connectivity index (χ1) is 11.4. The van der Waals surface area contributed by atoms with Crippen molar-refractivity contribution in [3.8, 4) is 5.75 Å². The standard InChI is InChI=1S/C21H20O2/c22-15-16-23-20-14-8-7-13-19(20)21(17-9-3-1-4-10-17)18-11-5-2-6-12-18/h1-14,21-22H,15-16H2. The molecule has 0 amide bonds. The van der Waals surface area contributed by atoms with Gasteiger partial charge in [-0.15, -0.1) is 0 Å². The van der Waals surface area contributed by atoms with Crippen molar-refractivity contribution >= 4 is 0 Å². The second kappa shape index (κ2) is 7.61. The van der Waals surface area contributed by atoms with E-state index in [1.807, 2.05) is 30.3 Å². The summed E-state index contributed by atoms with van der Waals surface area (Å²) in [6, 6.07) is 28.9. The van der Waals surface area contributed by atoms with Crippen LogP contribution in [0, 0.1) is 0 Å². The van der Waals surface area contributed by atoms with Gasteiger partial charge in [0.05, 0.1) is 6.61 Å². The van der Waals surface area contributed by atoms with Gasteiger partial charge in [0, 0.05) is 11.5 Å². The highest BCUT2D eigenvalue weighted by Crippen LogP contribution is 2.36. The number of aliphatic hydroxyl groups is 1. The first-order valence-electron chi connectivity index (χ1n) is 7.82. The van der Waals surface area contributed by atoms with Crippen LogP contribution >= 0.6 is 0 Å². The van der Waals surface area contributed by atoms with Gasteiger partial charge in [0.15, 0.2) is 0 Å². The van der Waals surface area contributed by atoms with E-state index >= 15 is 0 Å². The minimum absolute atomic E-state index is 0.00960. The second-order valence-corrected chi connectivity index (χ2v) is 5.36. The van der Waals surface area contributed by atoms with Crippen molar-refractivity contribution < 1.29 is 9.84 Å². The molecule has 0 bridgehead atoms. The molecule has 116 valence electrons. The normalized spacial score (nSPS) is 10.7. The molecule has 3 aromatic rings. The molecule has 1 N–H and O–H groups in total. The van der Waals surface area contributed by atoms with Crippen LogP contribution in [0.15, 0.2) is 84.9 Å². The third-order valence-corrected chi connectivity index (χ3v) is 3.84. The van der Waals surface area contributed by atoms with Gasteiger partial charge >= 0.3 is 0 Å². The Balaban J connectivity index is 2.10. The molecule has 0 radical (unpaired) electrons. The maximum atomic E-state index is 9.07. The number of ether oxygens (including phenoxy) is 1. The van der Waals surface area contributed by atoms with Crippen LogP contribution in [0.3, 0.4) is 0 Å². The highest BCUT2D eigenvalue weighted by Gasteiger charge is 2.20. The molecule has 0 saturated heterocycles. The fourth-order valence-corrected chi connectivity index (χ4v) is 2.85. The predicted octanol–water partition coefficient (Wildman–Crippen LogP) is 4.24. The molecule has 2 heteroatoms. The minimum atomic E-state index is 0.00960. The summed E-state index contributed by atoms with van der Waals surface area (Å²) in [5.41, 5.74) is 3.55. The molecule has 0 atom stereocenters. The Morgan fingerprint density at radius 3 is 1.78 bits per heavy atom. The summed E-state index contributed by atoms with van der Waals surface area (Å²) in [6.07, 6.45) is 0. The fraction of sp³-hybridized carbons (Fsp3) is 0.143. The van der Waals surface area contributed by atoms with Crippen LogP contribution in [-0.4, -0.2) is 18.3 Å². The summed E-state index contributed by atoms with van der Waals surface area (Å²) in [5, 5.41) is 9.07. The Kier molecular flexibility index (Phi) is 5.07. The van der Waals surface area contributed by atoms with E-state index in [0.29, 0.717) is 6.61 Å². The minimum Gasteiger partial charge on any atom is -0.491 e. The van der Waals surface area contributed by atoms with Crippen molar-refractivity contribution in [2.24, 2.45) is 0 Å². The summed E-state index contributed by atoms with van der Waals surface area (Å²) in [7, 11) is 0. The van der Waals surface area contributed by atoms with Gasteiger partial charge in [-0.2, -0.15) is 0 Å². The van der Waals surface area contributed by atoms with E-state index < -0.39 is 0 Å². The Morgan fingerprint density at radius 2 is 1.22 bits per heavy atom. The second-order valence-electron chi connectivity index (χ2n) is 5.36. The van der Waals surface area contributed by atoms with E-state index in [9.17, 15) is 0 Å². The number of hydrogen-bond acceptors (Lipinski definition) is 2. The molecule has 0 saturated carbocycles. The first-order valence-corrected chi connectivity index (χ1v) is 7.82. The van der Waals surface area contributed by atoms with E-state index in [2.05, 4.69) is 54.6 Å². The van der Waals surface area contributed by atoms with Crippen molar-refractivity contribution in [1.82, 2.24) is 0 Å². The molecule has 0 aliphatic carbocycles. The molecule has 3 rings (SSSR count). The summed E-state index contributed by atoms with van der Waals surface area (Å²) >= 11 is 0. The molecule has 0 aliphatic rings. The number of hydrogen-bond donors (Lipinski definition) is 1. The first kappa shape index (κ1) is 15.3. The quantitative estimate of drug-likeness (QED) is 0.690. The molecule has 0 unspecified atom stereocenters. The van der Waals surface area contributed by atoms with E-state index in [0.717, 1.165) is 11.3 Å². The molecule has 0 heterocycles. The fourth-order valence-electron chi connectivity index (χ4n) is 2.85. The lowest BCUT2D eigenvalue weighted by Crippen LogP contribution is -2.08. The maximum Gasteiger partial charge on any atom is 0.123 e. The van der Waals surface area contributed by atoms with Gasteiger partial charge in [-0.25, -0.2) is 0 Å². The molecule has 0 spiro atoms. The van der Waals surface area contributed by atoms with Gasteiger partial charge in [0.2, 0.25) is 0 Å². The van der Waals surface area contributed by atoms with Gasteiger partial charge < -0.3 is 9.84 Å². The number of para-hydroxylation sites is 1. The largest absolute Gasteiger partial charge is 0.491 e. The third kappa shape index (κ3) is 3.61. The summed E-state index contributed by atoms with van der Waals surface area (Å²) in [4.78, 5) is 0. The molecular weight excluding hydrogens is 284 g/mol. The molecule has 23 heavy (non-hydrogen) atoms. The third-order valence-electron chi connectivity index (χ3n) is 3.84. The smallest absolute Gasteiger partial charge is 0.123 e. The molecule has 2 nitrogen and oxygen atoms in total. The van der Waals surface area contributed by atoms with Crippen LogP contribution in [0.25, 0.3) is 0 Å². The highest BCUT2D eigenvalue weighted by atomic mass is 16.5. The van der Waals surface area contributed by atoms with Crippen molar-refractivity contribution in [2.45, 2.75) is 5.92 Å². The van der Waals surface area contributed by atoms with Gasteiger partial charge in [-0.05, 0) is 17.2 Å². The number of aliphatic hydroxyl groups excluding tert-OH is 1. The lowest BCUT2D eigenvalue weighted by atomic mass is 9.85. The van der Waals surface area contributed by atoms with E-state index in [4.69, 9.17) is 9.84 Å². The zero-order valence-electron chi connectivity index (χ0n) is 12.9. The van der Waals surface area contributed by atoms with Crippen molar-refractivity contribution in [3.05, 3.63) is 102 Å². The van der Waals surface area contributed by atoms with Crippen LogP contribution in [0.1, 0.15) is 22.6 Å². The topological polar surface area (TPSA) is 29.5 Å². The maximum absolute atomic E-state index is 9.07. The van der Waals surface area contributed by atoms with Gasteiger partial charge in [-0.1, -0.05) is 78.9 Å². The highest BCUT2D eigenvalue weighted by molar-refractivity contribution is 5.48. The number of benzene rings is 3. The lowest BCUT2D eigenvalue weighted by molar-refractivity contribution is 0.200. The monoisotopic (exact) mass is 304 g/mol. The Labute approximate surface area is 137 Å². The van der Waals surface area contributed by atoms with Crippen molar-refractivity contribution in [3.63, 3.8) is 0 Å². The average Bonchev–Trinajstić information content (AvgIpc) is 2.63. The average molecular weight is 304 g/mol. The summed E-state index contributed by atoms with van der Waals surface area (Å²) < 4.78 is 5.76. The zero-order valence-corrected chi connectivity index (χ0v) is 12.9. The van der Waals surface area contributed by atoms with Gasteiger partial charge in [0.25, 0.3) is 0 Å². The van der Waals surface area contributed by atoms with Crippen LogP contribution < -0.4 is 4.74 Å². The zero-order chi connectivity index (χ0) is 15.9. The Bertz CT molecular complexity index is 684. The molecule has 0 aliphatic heterocycles. The van der Waals surface area contributed by atoms with Crippen LogP contribution in [-0.2, 0) is 0 Å². The molecular formula is C21H20O2. The number of rotatable bonds is 6. The van der Waals surface area contributed by atoms with Gasteiger partial charge in [-0.3, -0.25) is 0 Å². The molecule has 0 fully saturated rings. The van der Waals surface area contributed by atoms with Crippen molar-refractivity contribution in [2.75, 3.05) is 13.2 Å². The predicted molar refractivity (Wildman–Crippen MR) is 92.9 cm³/mol. The van der Waals surface area contributed by atoms with E-state index in [1.165, 1.54) is 11.1 Å². The Hall–Kier alpha value is -2.58. The van der Waals surface area contributed by atoms with E-state index in [-0.39, 0.29) is 12.5 Å². The van der Waals surface area contributed by atoms with Crippen LogP contribution in [0.5, 0.6) is 5.75 Å². The molecule has 3 aromatic carbocycles. The van der Waals surface area contributed by atoms with Gasteiger partial charge in [0.1, 0.15) is 12.4 Å². The van der Waals surface area contributed by atoms with Crippen molar-refractivity contribution in [1.29, 1.82) is 0 Å². The van der Waals surface area contributed by atoms with Crippen LogP contribution in [0.2, 0.25) is 0 Å². The lowest BCUT2D eigenvalue weighted by Gasteiger charge is -2.21. The summed E-state index contributed by atoms with van der Waals surface area (Å²) in [6.45, 7) is 0.309. The van der Waals surface area contributed by atoms with E-state index in [1.54, 1.807) is 0 Å². The molecule has 0 aromatic heterocycles. The van der Waals surface area contributed by atoms with Crippen LogP contribution in [0.4, 0.5) is 0 Å². The Morgan fingerprint density at radius 1 is 0.696 bits per heavy atom. The SMILES string of the molecule is OCCOc1ccccc1C(c1ccccc1)c1ccccc1. The summed E-state index contributed by atoms with van der Waals surface area (Å²) in [5.74, 6) is 0.923.